The SMILES string of the molecule is CCCCCNC(=O)C(C)n1cc(CCCO)nn1. The van der Waals surface area contributed by atoms with Crippen molar-refractivity contribution in [2.75, 3.05) is 13.2 Å². The van der Waals surface area contributed by atoms with E-state index in [1.165, 1.54) is 0 Å². The summed E-state index contributed by atoms with van der Waals surface area (Å²) in [5, 5.41) is 19.6. The third-order valence-corrected chi connectivity index (χ3v) is 3.00. The number of hydrogen-bond acceptors (Lipinski definition) is 4. The Balaban J connectivity index is 2.40. The molecule has 0 aliphatic rings. The predicted molar refractivity (Wildman–Crippen MR) is 72.7 cm³/mol. The van der Waals surface area contributed by atoms with E-state index in [4.69, 9.17) is 5.11 Å². The lowest BCUT2D eigenvalue weighted by Crippen LogP contribution is -2.32. The highest BCUT2D eigenvalue weighted by molar-refractivity contribution is 5.79. The second-order valence-corrected chi connectivity index (χ2v) is 4.69. The molecule has 0 aromatic carbocycles. The summed E-state index contributed by atoms with van der Waals surface area (Å²) in [4.78, 5) is 11.9. The molecule has 6 nitrogen and oxygen atoms in total. The minimum absolute atomic E-state index is 0.0327. The van der Waals surface area contributed by atoms with Crippen molar-refractivity contribution in [1.82, 2.24) is 20.3 Å². The number of aliphatic hydroxyl groups is 1. The third kappa shape index (κ3) is 5.38. The Hall–Kier alpha value is -1.43. The number of rotatable bonds is 9. The van der Waals surface area contributed by atoms with E-state index in [9.17, 15) is 4.79 Å². The van der Waals surface area contributed by atoms with Crippen molar-refractivity contribution in [2.24, 2.45) is 0 Å². The molecule has 0 aliphatic heterocycles. The van der Waals surface area contributed by atoms with Crippen molar-refractivity contribution in [3.63, 3.8) is 0 Å². The van der Waals surface area contributed by atoms with E-state index < -0.39 is 0 Å². The van der Waals surface area contributed by atoms with Gasteiger partial charge in [-0.15, -0.1) is 5.10 Å². The van der Waals surface area contributed by atoms with Crippen LogP contribution in [0.5, 0.6) is 0 Å². The van der Waals surface area contributed by atoms with Gasteiger partial charge in [-0.1, -0.05) is 25.0 Å². The Morgan fingerprint density at radius 2 is 2.26 bits per heavy atom. The van der Waals surface area contributed by atoms with Gasteiger partial charge in [0.15, 0.2) is 0 Å². The fourth-order valence-corrected chi connectivity index (χ4v) is 1.73. The van der Waals surface area contributed by atoms with Crippen LogP contribution in [0.4, 0.5) is 0 Å². The average Bonchev–Trinajstić information content (AvgIpc) is 2.89. The van der Waals surface area contributed by atoms with Crippen molar-refractivity contribution in [2.45, 2.75) is 52.0 Å². The van der Waals surface area contributed by atoms with Crippen LogP contribution >= 0.6 is 0 Å². The molecule has 0 bridgehead atoms. The maximum Gasteiger partial charge on any atom is 0.244 e. The summed E-state index contributed by atoms with van der Waals surface area (Å²) in [6.45, 7) is 4.79. The number of aliphatic hydroxyl groups excluding tert-OH is 1. The summed E-state index contributed by atoms with van der Waals surface area (Å²) < 4.78 is 1.57. The first-order valence-electron chi connectivity index (χ1n) is 6.98. The minimum Gasteiger partial charge on any atom is -0.396 e. The number of amides is 1. The molecule has 0 spiro atoms. The summed E-state index contributed by atoms with van der Waals surface area (Å²) in [6.07, 6.45) is 6.39. The largest absolute Gasteiger partial charge is 0.396 e. The van der Waals surface area contributed by atoms with Gasteiger partial charge in [0.2, 0.25) is 5.91 Å². The molecule has 2 N–H and O–H groups in total. The summed E-state index contributed by atoms with van der Waals surface area (Å²) >= 11 is 0. The molecule has 6 heteroatoms. The van der Waals surface area contributed by atoms with Gasteiger partial charge >= 0.3 is 0 Å². The highest BCUT2D eigenvalue weighted by Gasteiger charge is 2.15. The van der Waals surface area contributed by atoms with Crippen LogP contribution in [0.1, 0.15) is 51.3 Å². The highest BCUT2D eigenvalue weighted by Crippen LogP contribution is 2.06. The van der Waals surface area contributed by atoms with Gasteiger partial charge in [-0.3, -0.25) is 4.79 Å². The monoisotopic (exact) mass is 268 g/mol. The van der Waals surface area contributed by atoms with Crippen molar-refractivity contribution >= 4 is 5.91 Å². The van der Waals surface area contributed by atoms with Crippen molar-refractivity contribution in [3.8, 4) is 0 Å². The molecule has 1 amide bonds. The van der Waals surface area contributed by atoms with Gasteiger partial charge in [0, 0.05) is 19.3 Å². The molecule has 0 radical (unpaired) electrons. The predicted octanol–water partition coefficient (Wildman–Crippen LogP) is 1.07. The van der Waals surface area contributed by atoms with E-state index in [1.807, 2.05) is 0 Å². The van der Waals surface area contributed by atoms with Crippen LogP contribution in [-0.2, 0) is 11.2 Å². The lowest BCUT2D eigenvalue weighted by atomic mass is 10.2. The van der Waals surface area contributed by atoms with Crippen LogP contribution < -0.4 is 5.32 Å². The molecule has 108 valence electrons. The van der Waals surface area contributed by atoms with Crippen molar-refractivity contribution in [3.05, 3.63) is 11.9 Å². The van der Waals surface area contributed by atoms with Crippen molar-refractivity contribution < 1.29 is 9.90 Å². The van der Waals surface area contributed by atoms with Gasteiger partial charge in [0.1, 0.15) is 6.04 Å². The number of carbonyl (C=O) groups is 1. The summed E-state index contributed by atoms with van der Waals surface area (Å²) in [5.74, 6) is -0.0327. The average molecular weight is 268 g/mol. The van der Waals surface area contributed by atoms with Crippen LogP contribution in [0.2, 0.25) is 0 Å². The van der Waals surface area contributed by atoms with Crippen molar-refractivity contribution in [1.29, 1.82) is 0 Å². The smallest absolute Gasteiger partial charge is 0.244 e. The Bertz CT molecular complexity index is 378. The number of aromatic nitrogens is 3. The molecular weight excluding hydrogens is 244 g/mol. The third-order valence-electron chi connectivity index (χ3n) is 3.00. The van der Waals surface area contributed by atoms with Gasteiger partial charge in [0.05, 0.1) is 5.69 Å². The molecule has 0 saturated carbocycles. The molecule has 1 heterocycles. The van der Waals surface area contributed by atoms with Crippen LogP contribution in [0, 0.1) is 0 Å². The topological polar surface area (TPSA) is 80.0 Å². The fraction of sp³-hybridized carbons (Fsp3) is 0.769. The molecule has 1 unspecified atom stereocenters. The number of aryl methyl sites for hydroxylation is 1. The molecule has 1 rings (SSSR count). The molecular formula is C13H24N4O2. The Kier molecular flexibility index (Phi) is 7.10. The van der Waals surface area contributed by atoms with E-state index in [-0.39, 0.29) is 18.6 Å². The summed E-state index contributed by atoms with van der Waals surface area (Å²) in [6, 6.07) is -0.350. The number of unbranched alkanes of at least 4 members (excludes halogenated alkanes) is 2. The zero-order valence-corrected chi connectivity index (χ0v) is 11.8. The van der Waals surface area contributed by atoms with E-state index in [0.29, 0.717) is 19.4 Å². The van der Waals surface area contributed by atoms with E-state index >= 15 is 0 Å². The van der Waals surface area contributed by atoms with E-state index in [1.54, 1.807) is 17.8 Å². The second kappa shape index (κ2) is 8.63. The zero-order chi connectivity index (χ0) is 14.1. The summed E-state index contributed by atoms with van der Waals surface area (Å²) in [7, 11) is 0. The van der Waals surface area contributed by atoms with Crippen LogP contribution in [0.25, 0.3) is 0 Å². The second-order valence-electron chi connectivity index (χ2n) is 4.69. The minimum atomic E-state index is -0.350. The Morgan fingerprint density at radius 1 is 1.47 bits per heavy atom. The Morgan fingerprint density at radius 3 is 2.95 bits per heavy atom. The highest BCUT2D eigenvalue weighted by atomic mass is 16.2. The fourth-order valence-electron chi connectivity index (χ4n) is 1.73. The standard InChI is InChI=1S/C13H24N4O2/c1-3-4-5-8-14-13(19)11(2)17-10-12(15-16-17)7-6-9-18/h10-11,18H,3-9H2,1-2H3,(H,14,19). The summed E-state index contributed by atoms with van der Waals surface area (Å²) in [5.41, 5.74) is 0.805. The van der Waals surface area contributed by atoms with Crippen LogP contribution in [0.15, 0.2) is 6.20 Å². The lowest BCUT2D eigenvalue weighted by Gasteiger charge is -2.11. The molecule has 0 saturated heterocycles. The van der Waals surface area contributed by atoms with Crippen LogP contribution in [0.3, 0.4) is 0 Å². The van der Waals surface area contributed by atoms with E-state index in [2.05, 4.69) is 22.6 Å². The maximum absolute atomic E-state index is 11.9. The zero-order valence-electron chi connectivity index (χ0n) is 11.8. The molecule has 1 aromatic rings. The lowest BCUT2D eigenvalue weighted by molar-refractivity contribution is -0.124. The number of hydrogen-bond donors (Lipinski definition) is 2. The molecule has 19 heavy (non-hydrogen) atoms. The van der Waals surface area contributed by atoms with Gasteiger partial charge in [0.25, 0.3) is 0 Å². The first-order chi connectivity index (χ1) is 9.19. The molecule has 1 atom stereocenters. The number of carbonyl (C=O) groups excluding carboxylic acids is 1. The van der Waals surface area contributed by atoms with Gasteiger partial charge < -0.3 is 10.4 Å². The van der Waals surface area contributed by atoms with Gasteiger partial charge in [-0.2, -0.15) is 0 Å². The quantitative estimate of drug-likeness (QED) is 0.657. The number of nitrogens with zero attached hydrogens (tertiary/aromatic N) is 3. The Labute approximate surface area is 114 Å². The molecule has 1 aromatic heterocycles. The van der Waals surface area contributed by atoms with E-state index in [0.717, 1.165) is 25.0 Å². The van der Waals surface area contributed by atoms with Gasteiger partial charge in [-0.05, 0) is 26.2 Å². The van der Waals surface area contributed by atoms with Gasteiger partial charge in [-0.25, -0.2) is 4.68 Å². The normalized spacial score (nSPS) is 12.4. The maximum atomic E-state index is 11.9. The molecule has 0 aliphatic carbocycles. The molecule has 0 fully saturated rings. The first-order valence-corrected chi connectivity index (χ1v) is 6.98. The number of nitrogens with one attached hydrogen (secondary N) is 1. The van der Waals surface area contributed by atoms with Crippen LogP contribution in [-0.4, -0.2) is 39.2 Å². The first kappa shape index (κ1) is 15.6.